The SMILES string of the molecule is O=C(O)c1nn(-c2ccc(F)c(F)c2)cc1O. The van der Waals surface area contributed by atoms with Crippen LogP contribution >= 0.6 is 0 Å². The minimum atomic E-state index is -1.41. The molecule has 2 aromatic rings. The van der Waals surface area contributed by atoms with Crippen LogP contribution in [0.25, 0.3) is 5.69 Å². The first kappa shape index (κ1) is 11.1. The Morgan fingerprint density at radius 3 is 2.53 bits per heavy atom. The van der Waals surface area contributed by atoms with Gasteiger partial charge in [0.05, 0.1) is 11.9 Å². The zero-order valence-corrected chi connectivity index (χ0v) is 8.26. The van der Waals surface area contributed by atoms with Crippen LogP contribution in [0.5, 0.6) is 5.75 Å². The number of hydrogen-bond acceptors (Lipinski definition) is 3. The summed E-state index contributed by atoms with van der Waals surface area (Å²) in [5.74, 6) is -4.08. The van der Waals surface area contributed by atoms with Crippen LogP contribution in [-0.2, 0) is 0 Å². The first-order chi connectivity index (χ1) is 7.99. The van der Waals surface area contributed by atoms with Gasteiger partial charge in [-0.25, -0.2) is 18.3 Å². The minimum Gasteiger partial charge on any atom is -0.504 e. The Bertz CT molecular complexity index is 595. The van der Waals surface area contributed by atoms with Crippen molar-refractivity contribution >= 4 is 5.97 Å². The van der Waals surface area contributed by atoms with Crippen molar-refractivity contribution in [2.45, 2.75) is 0 Å². The highest BCUT2D eigenvalue weighted by molar-refractivity contribution is 5.88. The maximum atomic E-state index is 12.9. The number of carbonyl (C=O) groups is 1. The number of carboxylic acid groups (broad SMARTS) is 1. The molecular formula is C10H6F2N2O3. The Morgan fingerprint density at radius 2 is 2.00 bits per heavy atom. The second kappa shape index (κ2) is 3.85. The van der Waals surface area contributed by atoms with Gasteiger partial charge in [-0.05, 0) is 12.1 Å². The Labute approximate surface area is 93.5 Å². The maximum Gasteiger partial charge on any atom is 0.360 e. The smallest absolute Gasteiger partial charge is 0.360 e. The molecule has 1 aromatic heterocycles. The van der Waals surface area contributed by atoms with Crippen LogP contribution < -0.4 is 0 Å². The van der Waals surface area contributed by atoms with Crippen LogP contribution in [0.3, 0.4) is 0 Å². The molecule has 7 heteroatoms. The van der Waals surface area contributed by atoms with Crippen molar-refractivity contribution in [3.05, 3.63) is 41.7 Å². The van der Waals surface area contributed by atoms with Gasteiger partial charge in [-0.3, -0.25) is 0 Å². The topological polar surface area (TPSA) is 75.3 Å². The predicted molar refractivity (Wildman–Crippen MR) is 52.1 cm³/mol. The van der Waals surface area contributed by atoms with E-state index in [0.29, 0.717) is 0 Å². The molecule has 0 spiro atoms. The largest absolute Gasteiger partial charge is 0.504 e. The Kier molecular flexibility index (Phi) is 2.51. The molecule has 0 saturated carbocycles. The number of aromatic hydroxyl groups is 1. The summed E-state index contributed by atoms with van der Waals surface area (Å²) in [6.45, 7) is 0. The van der Waals surface area contributed by atoms with Crippen LogP contribution in [-0.4, -0.2) is 26.0 Å². The number of hydrogen-bond donors (Lipinski definition) is 2. The molecule has 0 radical (unpaired) electrons. The summed E-state index contributed by atoms with van der Waals surface area (Å²) in [6.07, 6.45) is 0.996. The van der Waals surface area contributed by atoms with Gasteiger partial charge in [-0.2, -0.15) is 5.10 Å². The molecule has 0 bridgehead atoms. The summed E-state index contributed by atoms with van der Waals surface area (Å²) in [6, 6.07) is 2.92. The summed E-state index contributed by atoms with van der Waals surface area (Å²) in [5.41, 5.74) is -0.457. The summed E-state index contributed by atoms with van der Waals surface area (Å²) in [5, 5.41) is 21.4. The molecule has 1 heterocycles. The van der Waals surface area contributed by atoms with Crippen molar-refractivity contribution in [2.24, 2.45) is 0 Å². The fourth-order valence-corrected chi connectivity index (χ4v) is 1.28. The summed E-state index contributed by atoms with van der Waals surface area (Å²) in [4.78, 5) is 10.6. The number of aromatic nitrogens is 2. The molecule has 0 amide bonds. The van der Waals surface area contributed by atoms with Crippen molar-refractivity contribution in [1.29, 1.82) is 0 Å². The molecule has 5 nitrogen and oxygen atoms in total. The average molecular weight is 240 g/mol. The van der Waals surface area contributed by atoms with E-state index in [-0.39, 0.29) is 5.69 Å². The van der Waals surface area contributed by atoms with Crippen LogP contribution in [0.4, 0.5) is 8.78 Å². The standard InChI is InChI=1S/C10H6F2N2O3/c11-6-2-1-5(3-7(6)12)14-4-8(15)9(13-14)10(16)17/h1-4,15H,(H,16,17). The molecule has 0 fully saturated rings. The van der Waals surface area contributed by atoms with Crippen molar-refractivity contribution in [2.75, 3.05) is 0 Å². The number of rotatable bonds is 2. The zero-order valence-electron chi connectivity index (χ0n) is 8.26. The Hall–Kier alpha value is -2.44. The van der Waals surface area contributed by atoms with Crippen molar-refractivity contribution in [3.63, 3.8) is 0 Å². The highest BCUT2D eigenvalue weighted by atomic mass is 19.2. The highest BCUT2D eigenvalue weighted by Crippen LogP contribution is 2.19. The van der Waals surface area contributed by atoms with Gasteiger partial charge in [-0.15, -0.1) is 0 Å². The number of benzene rings is 1. The van der Waals surface area contributed by atoms with E-state index >= 15 is 0 Å². The summed E-state index contributed by atoms with van der Waals surface area (Å²) < 4.78 is 26.6. The van der Waals surface area contributed by atoms with Gasteiger partial charge in [0.1, 0.15) is 0 Å². The fourth-order valence-electron chi connectivity index (χ4n) is 1.28. The average Bonchev–Trinajstić information content (AvgIpc) is 2.64. The van der Waals surface area contributed by atoms with E-state index in [1.54, 1.807) is 0 Å². The van der Waals surface area contributed by atoms with E-state index in [9.17, 15) is 18.7 Å². The molecule has 17 heavy (non-hydrogen) atoms. The predicted octanol–water partition coefficient (Wildman–Crippen LogP) is 1.55. The quantitative estimate of drug-likeness (QED) is 0.835. The minimum absolute atomic E-state index is 0.103. The van der Waals surface area contributed by atoms with E-state index < -0.39 is 29.0 Å². The number of nitrogens with zero attached hydrogens (tertiary/aromatic N) is 2. The number of halogens is 2. The van der Waals surface area contributed by atoms with Gasteiger partial charge in [0.2, 0.25) is 5.69 Å². The third-order valence-corrected chi connectivity index (χ3v) is 2.07. The summed E-state index contributed by atoms with van der Waals surface area (Å²) >= 11 is 0. The van der Waals surface area contributed by atoms with Crippen molar-refractivity contribution in [1.82, 2.24) is 9.78 Å². The molecular weight excluding hydrogens is 234 g/mol. The lowest BCUT2D eigenvalue weighted by atomic mass is 10.3. The summed E-state index contributed by atoms with van der Waals surface area (Å²) in [7, 11) is 0. The molecule has 1 aromatic carbocycles. The van der Waals surface area contributed by atoms with Gasteiger partial charge in [0, 0.05) is 6.07 Å². The van der Waals surface area contributed by atoms with Crippen molar-refractivity contribution < 1.29 is 23.8 Å². The Morgan fingerprint density at radius 1 is 1.29 bits per heavy atom. The van der Waals surface area contributed by atoms with Gasteiger partial charge in [0.15, 0.2) is 17.4 Å². The normalized spacial score (nSPS) is 10.5. The lowest BCUT2D eigenvalue weighted by molar-refractivity contribution is 0.0687. The lowest BCUT2D eigenvalue weighted by Crippen LogP contribution is -2.01. The molecule has 0 aliphatic carbocycles. The Balaban J connectivity index is 2.50. The molecule has 2 rings (SSSR count). The van der Waals surface area contributed by atoms with Crippen LogP contribution in [0.2, 0.25) is 0 Å². The van der Waals surface area contributed by atoms with Gasteiger partial charge < -0.3 is 10.2 Å². The second-order valence-electron chi connectivity index (χ2n) is 3.21. The van der Waals surface area contributed by atoms with E-state index in [1.165, 1.54) is 6.07 Å². The third-order valence-electron chi connectivity index (χ3n) is 2.07. The first-order valence-electron chi connectivity index (χ1n) is 4.46. The number of carboxylic acids is 1. The van der Waals surface area contributed by atoms with E-state index in [2.05, 4.69) is 5.10 Å². The van der Waals surface area contributed by atoms with E-state index in [1.807, 2.05) is 0 Å². The van der Waals surface area contributed by atoms with Crippen LogP contribution in [0.15, 0.2) is 24.4 Å². The second-order valence-corrected chi connectivity index (χ2v) is 3.21. The van der Waals surface area contributed by atoms with Gasteiger partial charge in [-0.1, -0.05) is 0 Å². The maximum absolute atomic E-state index is 12.9. The third kappa shape index (κ3) is 1.94. The molecule has 0 saturated heterocycles. The van der Waals surface area contributed by atoms with Crippen molar-refractivity contribution in [3.8, 4) is 11.4 Å². The lowest BCUT2D eigenvalue weighted by Gasteiger charge is -2.00. The molecule has 0 unspecified atom stereocenters. The fraction of sp³-hybridized carbons (Fsp3) is 0. The molecule has 0 aliphatic rings. The molecule has 2 N–H and O–H groups in total. The molecule has 0 atom stereocenters. The first-order valence-corrected chi connectivity index (χ1v) is 4.46. The van der Waals surface area contributed by atoms with E-state index in [4.69, 9.17) is 5.11 Å². The van der Waals surface area contributed by atoms with Gasteiger partial charge >= 0.3 is 5.97 Å². The zero-order chi connectivity index (χ0) is 12.6. The van der Waals surface area contributed by atoms with Crippen LogP contribution in [0.1, 0.15) is 10.5 Å². The molecule has 88 valence electrons. The van der Waals surface area contributed by atoms with Crippen LogP contribution in [0, 0.1) is 11.6 Å². The molecule has 0 aliphatic heterocycles. The number of aromatic carboxylic acids is 1. The van der Waals surface area contributed by atoms with Gasteiger partial charge in [0.25, 0.3) is 0 Å². The van der Waals surface area contributed by atoms with E-state index in [0.717, 1.165) is 23.0 Å². The monoisotopic (exact) mass is 240 g/mol. The highest BCUT2D eigenvalue weighted by Gasteiger charge is 2.16.